The third-order valence-corrected chi connectivity index (χ3v) is 5.45. The van der Waals surface area contributed by atoms with E-state index in [1.54, 1.807) is 11.0 Å². The number of benzene rings is 2. The van der Waals surface area contributed by atoms with E-state index in [0.29, 0.717) is 36.7 Å². The number of hydrogen-bond donors (Lipinski definition) is 0. The Balaban J connectivity index is 1.59. The lowest BCUT2D eigenvalue weighted by Gasteiger charge is -2.22. The van der Waals surface area contributed by atoms with Crippen LogP contribution in [-0.2, 0) is 11.3 Å². The third kappa shape index (κ3) is 3.52. The van der Waals surface area contributed by atoms with E-state index >= 15 is 0 Å². The van der Waals surface area contributed by atoms with Crippen LogP contribution < -0.4 is 0 Å². The van der Waals surface area contributed by atoms with Crippen LogP contribution in [0.4, 0.5) is 4.39 Å². The summed E-state index contributed by atoms with van der Waals surface area (Å²) in [5, 5.41) is 3.99. The average molecular weight is 400 g/mol. The van der Waals surface area contributed by atoms with Gasteiger partial charge in [0.1, 0.15) is 11.9 Å². The van der Waals surface area contributed by atoms with Crippen LogP contribution in [0.5, 0.6) is 0 Å². The summed E-state index contributed by atoms with van der Waals surface area (Å²) >= 11 is 5.84. The fourth-order valence-electron chi connectivity index (χ4n) is 3.41. The molecule has 0 aliphatic carbocycles. The van der Waals surface area contributed by atoms with Crippen molar-refractivity contribution in [3.63, 3.8) is 0 Å². The number of amides is 1. The molecule has 1 aliphatic rings. The number of rotatable bonds is 4. The summed E-state index contributed by atoms with van der Waals surface area (Å²) in [6.07, 6.45) is 1.06. The van der Waals surface area contributed by atoms with Gasteiger partial charge in [-0.05, 0) is 55.2 Å². The zero-order valence-electron chi connectivity index (χ0n) is 15.6. The van der Waals surface area contributed by atoms with Gasteiger partial charge in [-0.3, -0.25) is 4.79 Å². The highest BCUT2D eigenvalue weighted by molar-refractivity contribution is 6.31. The van der Waals surface area contributed by atoms with E-state index < -0.39 is 5.82 Å². The van der Waals surface area contributed by atoms with Gasteiger partial charge in [0, 0.05) is 18.5 Å². The molecule has 1 aliphatic heterocycles. The molecule has 28 heavy (non-hydrogen) atoms. The van der Waals surface area contributed by atoms with Gasteiger partial charge in [-0.2, -0.15) is 4.98 Å². The lowest BCUT2D eigenvalue weighted by Crippen LogP contribution is -2.27. The molecule has 1 fully saturated rings. The molecular weight excluding hydrogens is 381 g/mol. The van der Waals surface area contributed by atoms with Crippen molar-refractivity contribution >= 4 is 17.5 Å². The molecule has 144 valence electrons. The third-order valence-electron chi connectivity index (χ3n) is 5.16. The number of aromatic nitrogens is 2. The van der Waals surface area contributed by atoms with E-state index in [1.165, 1.54) is 23.3 Å². The molecule has 1 saturated heterocycles. The smallest absolute Gasteiger partial charge is 0.249 e. The van der Waals surface area contributed by atoms with Crippen LogP contribution >= 0.6 is 11.6 Å². The normalized spacial score (nSPS) is 16.8. The van der Waals surface area contributed by atoms with Crippen molar-refractivity contribution in [1.82, 2.24) is 15.0 Å². The minimum absolute atomic E-state index is 0.00346. The van der Waals surface area contributed by atoms with Gasteiger partial charge in [0.05, 0.1) is 5.02 Å². The fraction of sp³-hybridized carbons (Fsp3) is 0.286. The molecule has 0 radical (unpaired) electrons. The number of halogens is 2. The van der Waals surface area contributed by atoms with Crippen molar-refractivity contribution < 1.29 is 13.7 Å². The first-order valence-electron chi connectivity index (χ1n) is 9.07. The summed E-state index contributed by atoms with van der Waals surface area (Å²) in [4.78, 5) is 18.7. The van der Waals surface area contributed by atoms with Crippen molar-refractivity contribution in [1.29, 1.82) is 0 Å². The molecule has 2 heterocycles. The van der Waals surface area contributed by atoms with Gasteiger partial charge in [0.2, 0.25) is 17.6 Å². The van der Waals surface area contributed by atoms with Gasteiger partial charge >= 0.3 is 0 Å². The molecule has 7 heteroatoms. The highest BCUT2D eigenvalue weighted by Crippen LogP contribution is 2.34. The summed E-state index contributed by atoms with van der Waals surface area (Å²) in [5.74, 6) is 0.260. The van der Waals surface area contributed by atoms with Crippen molar-refractivity contribution in [3.8, 4) is 11.4 Å². The van der Waals surface area contributed by atoms with E-state index in [0.717, 1.165) is 5.56 Å². The summed E-state index contributed by atoms with van der Waals surface area (Å²) in [6, 6.07) is 10.2. The first kappa shape index (κ1) is 18.6. The molecule has 0 spiro atoms. The van der Waals surface area contributed by atoms with Crippen molar-refractivity contribution in [2.24, 2.45) is 0 Å². The van der Waals surface area contributed by atoms with Crippen LogP contribution in [0.25, 0.3) is 11.4 Å². The van der Waals surface area contributed by atoms with Crippen molar-refractivity contribution in [2.45, 2.75) is 39.3 Å². The molecule has 1 amide bonds. The Morgan fingerprint density at radius 3 is 2.79 bits per heavy atom. The molecule has 1 atom stereocenters. The molecule has 1 unspecified atom stereocenters. The number of carbonyl (C=O) groups is 1. The summed E-state index contributed by atoms with van der Waals surface area (Å²) in [5.41, 5.74) is 4.03. The number of aryl methyl sites for hydroxylation is 2. The molecule has 0 N–H and O–H groups in total. The second-order valence-corrected chi connectivity index (χ2v) is 7.49. The maximum atomic E-state index is 13.4. The number of hydrogen-bond acceptors (Lipinski definition) is 4. The lowest BCUT2D eigenvalue weighted by atomic mass is 10.1. The molecule has 0 saturated carbocycles. The van der Waals surface area contributed by atoms with E-state index in [-0.39, 0.29) is 17.0 Å². The Hall–Kier alpha value is -2.73. The largest absolute Gasteiger partial charge is 0.337 e. The van der Waals surface area contributed by atoms with Crippen LogP contribution in [0.2, 0.25) is 5.02 Å². The van der Waals surface area contributed by atoms with E-state index in [2.05, 4.69) is 36.1 Å². The highest BCUT2D eigenvalue weighted by atomic mass is 35.5. The maximum absolute atomic E-state index is 13.4. The molecule has 0 bridgehead atoms. The van der Waals surface area contributed by atoms with Gasteiger partial charge in [-0.25, -0.2) is 4.39 Å². The quantitative estimate of drug-likeness (QED) is 0.618. The van der Waals surface area contributed by atoms with Gasteiger partial charge in [0.25, 0.3) is 0 Å². The Kier molecular flexibility index (Phi) is 4.89. The Labute approximate surface area is 167 Å². The van der Waals surface area contributed by atoms with Crippen LogP contribution in [-0.4, -0.2) is 20.9 Å². The van der Waals surface area contributed by atoms with Gasteiger partial charge in [-0.15, -0.1) is 0 Å². The topological polar surface area (TPSA) is 59.2 Å². The van der Waals surface area contributed by atoms with Crippen LogP contribution in [0, 0.1) is 19.7 Å². The first-order valence-corrected chi connectivity index (χ1v) is 9.45. The Morgan fingerprint density at radius 1 is 1.21 bits per heavy atom. The Bertz CT molecular complexity index is 1050. The van der Waals surface area contributed by atoms with Crippen molar-refractivity contribution in [3.05, 3.63) is 69.8 Å². The van der Waals surface area contributed by atoms with Gasteiger partial charge in [0.15, 0.2) is 0 Å². The second kappa shape index (κ2) is 7.36. The summed E-state index contributed by atoms with van der Waals surface area (Å²) in [6.45, 7) is 4.61. The molecule has 1 aromatic heterocycles. The fourth-order valence-corrected chi connectivity index (χ4v) is 3.59. The molecule has 5 nitrogen and oxygen atoms in total. The van der Waals surface area contributed by atoms with E-state index in [9.17, 15) is 9.18 Å². The first-order chi connectivity index (χ1) is 13.4. The highest BCUT2D eigenvalue weighted by Gasteiger charge is 2.36. The lowest BCUT2D eigenvalue weighted by molar-refractivity contribution is -0.129. The predicted octanol–water partition coefficient (Wildman–Crippen LogP) is 5.01. The standard InChI is InChI=1S/C21H19ClFN3O2/c1-12-3-4-14(9-13(12)2)11-26-18(7-8-19(26)27)21-24-20(25-28-21)15-5-6-17(23)16(22)10-15/h3-6,9-10,18H,7-8,11H2,1-2H3. The van der Waals surface area contributed by atoms with Gasteiger partial charge < -0.3 is 9.42 Å². The van der Waals surface area contributed by atoms with E-state index in [4.69, 9.17) is 16.1 Å². The van der Waals surface area contributed by atoms with E-state index in [1.807, 2.05) is 6.07 Å². The zero-order valence-corrected chi connectivity index (χ0v) is 16.3. The Morgan fingerprint density at radius 2 is 2.04 bits per heavy atom. The SMILES string of the molecule is Cc1ccc(CN2C(=O)CCC2c2nc(-c3ccc(F)c(Cl)c3)no2)cc1C. The minimum Gasteiger partial charge on any atom is -0.337 e. The second-order valence-electron chi connectivity index (χ2n) is 7.08. The van der Waals surface area contributed by atoms with Crippen LogP contribution in [0.1, 0.15) is 41.5 Å². The molecule has 4 rings (SSSR count). The van der Waals surface area contributed by atoms with Gasteiger partial charge in [-0.1, -0.05) is 35.0 Å². The van der Waals surface area contributed by atoms with Crippen LogP contribution in [0.15, 0.2) is 40.9 Å². The average Bonchev–Trinajstić information content (AvgIpc) is 3.28. The predicted molar refractivity (Wildman–Crippen MR) is 103 cm³/mol. The number of carbonyl (C=O) groups excluding carboxylic acids is 1. The monoisotopic (exact) mass is 399 g/mol. The molecular formula is C21H19ClFN3O2. The summed E-state index contributed by atoms with van der Waals surface area (Å²) < 4.78 is 18.8. The molecule has 3 aromatic rings. The summed E-state index contributed by atoms with van der Waals surface area (Å²) in [7, 11) is 0. The minimum atomic E-state index is -0.505. The number of nitrogens with zero attached hydrogens (tertiary/aromatic N) is 3. The zero-order chi connectivity index (χ0) is 19.8. The maximum Gasteiger partial charge on any atom is 0.249 e. The molecule has 2 aromatic carbocycles. The van der Waals surface area contributed by atoms with Crippen molar-refractivity contribution in [2.75, 3.05) is 0 Å². The van der Waals surface area contributed by atoms with Crippen LogP contribution in [0.3, 0.4) is 0 Å². The number of likely N-dealkylation sites (tertiary alicyclic amines) is 1.